The molecule has 2 aromatic rings. The summed E-state index contributed by atoms with van der Waals surface area (Å²) in [6.45, 7) is 0.160. The number of non-ortho nitro benzene ring substituents is 1. The number of nitro groups is 1. The fourth-order valence-electron chi connectivity index (χ4n) is 1.74. The predicted octanol–water partition coefficient (Wildman–Crippen LogP) is 3.15. The van der Waals surface area contributed by atoms with Crippen molar-refractivity contribution in [2.24, 2.45) is 5.16 Å². The molecule has 0 saturated heterocycles. The first-order valence-corrected chi connectivity index (χ1v) is 6.22. The SMILES string of the molecule is COc1ccccc1/C=N\OCc1cccc([N+](=O)[O-])c1. The van der Waals surface area contributed by atoms with E-state index in [0.717, 1.165) is 5.56 Å². The first-order chi connectivity index (χ1) is 10.2. The van der Waals surface area contributed by atoms with Gasteiger partial charge in [0.05, 0.1) is 18.2 Å². The Morgan fingerprint density at radius 2 is 2.05 bits per heavy atom. The van der Waals surface area contributed by atoms with E-state index in [1.165, 1.54) is 18.3 Å². The van der Waals surface area contributed by atoms with Gasteiger partial charge < -0.3 is 9.57 Å². The van der Waals surface area contributed by atoms with E-state index in [-0.39, 0.29) is 12.3 Å². The number of methoxy groups -OCH3 is 1. The van der Waals surface area contributed by atoms with E-state index in [9.17, 15) is 10.1 Å². The van der Waals surface area contributed by atoms with Crippen LogP contribution >= 0.6 is 0 Å². The summed E-state index contributed by atoms with van der Waals surface area (Å²) in [6.07, 6.45) is 1.54. The van der Waals surface area contributed by atoms with Gasteiger partial charge in [-0.05, 0) is 17.7 Å². The topological polar surface area (TPSA) is 74.0 Å². The van der Waals surface area contributed by atoms with Crippen LogP contribution in [0, 0.1) is 10.1 Å². The molecule has 0 unspecified atom stereocenters. The van der Waals surface area contributed by atoms with Crippen LogP contribution in [0.3, 0.4) is 0 Å². The Hall–Kier alpha value is -2.89. The summed E-state index contributed by atoms with van der Waals surface area (Å²) < 4.78 is 5.18. The van der Waals surface area contributed by atoms with Crippen molar-refractivity contribution in [3.8, 4) is 5.75 Å². The highest BCUT2D eigenvalue weighted by Crippen LogP contribution is 2.16. The van der Waals surface area contributed by atoms with Crippen molar-refractivity contribution < 1.29 is 14.5 Å². The molecule has 0 saturated carbocycles. The van der Waals surface area contributed by atoms with Gasteiger partial charge in [-0.3, -0.25) is 10.1 Å². The van der Waals surface area contributed by atoms with Crippen molar-refractivity contribution in [2.75, 3.05) is 7.11 Å². The normalized spacial score (nSPS) is 10.5. The van der Waals surface area contributed by atoms with Gasteiger partial charge in [0.25, 0.3) is 5.69 Å². The maximum atomic E-state index is 10.7. The molecule has 21 heavy (non-hydrogen) atoms. The lowest BCUT2D eigenvalue weighted by atomic mass is 10.2. The highest BCUT2D eigenvalue weighted by molar-refractivity contribution is 5.82. The average molecular weight is 286 g/mol. The van der Waals surface area contributed by atoms with Crippen molar-refractivity contribution in [3.05, 3.63) is 69.8 Å². The molecule has 108 valence electrons. The van der Waals surface area contributed by atoms with E-state index in [1.807, 2.05) is 24.3 Å². The van der Waals surface area contributed by atoms with Crippen LogP contribution in [0.5, 0.6) is 5.75 Å². The summed E-state index contributed by atoms with van der Waals surface area (Å²) in [6, 6.07) is 13.6. The number of nitrogens with zero attached hydrogens (tertiary/aromatic N) is 2. The van der Waals surface area contributed by atoms with Gasteiger partial charge in [0.2, 0.25) is 0 Å². The number of rotatable bonds is 6. The van der Waals surface area contributed by atoms with Crippen LogP contribution in [0.1, 0.15) is 11.1 Å². The van der Waals surface area contributed by atoms with Crippen LogP contribution in [0.25, 0.3) is 0 Å². The number of nitro benzene ring substituents is 1. The third-order valence-corrected chi connectivity index (χ3v) is 2.76. The molecular formula is C15H14N2O4. The number of benzene rings is 2. The molecule has 0 atom stereocenters. The molecule has 0 fully saturated rings. The van der Waals surface area contributed by atoms with E-state index in [2.05, 4.69) is 5.16 Å². The van der Waals surface area contributed by atoms with Gasteiger partial charge in [-0.25, -0.2) is 0 Å². The zero-order valence-corrected chi connectivity index (χ0v) is 11.4. The first kappa shape index (κ1) is 14.5. The summed E-state index contributed by atoms with van der Waals surface area (Å²) in [5, 5.41) is 14.5. The summed E-state index contributed by atoms with van der Waals surface area (Å²) >= 11 is 0. The molecule has 0 spiro atoms. The number of ether oxygens (including phenoxy) is 1. The zero-order chi connectivity index (χ0) is 15.1. The van der Waals surface area contributed by atoms with Crippen LogP contribution in [0.15, 0.2) is 53.7 Å². The summed E-state index contributed by atoms with van der Waals surface area (Å²) in [4.78, 5) is 15.4. The lowest BCUT2D eigenvalue weighted by molar-refractivity contribution is -0.384. The Balaban J connectivity index is 1.96. The van der Waals surface area contributed by atoms with E-state index >= 15 is 0 Å². The van der Waals surface area contributed by atoms with Gasteiger partial charge >= 0.3 is 0 Å². The van der Waals surface area contributed by atoms with E-state index in [1.54, 1.807) is 19.2 Å². The van der Waals surface area contributed by atoms with E-state index in [4.69, 9.17) is 9.57 Å². The predicted molar refractivity (Wildman–Crippen MR) is 78.5 cm³/mol. The maximum Gasteiger partial charge on any atom is 0.269 e. The van der Waals surface area contributed by atoms with Gasteiger partial charge in [0.1, 0.15) is 12.4 Å². The minimum absolute atomic E-state index is 0.0322. The molecule has 0 amide bonds. The summed E-state index contributed by atoms with van der Waals surface area (Å²) in [7, 11) is 1.58. The second kappa shape index (κ2) is 7.04. The molecular weight excluding hydrogens is 272 g/mol. The molecule has 0 N–H and O–H groups in total. The third-order valence-electron chi connectivity index (χ3n) is 2.76. The second-order valence-corrected chi connectivity index (χ2v) is 4.18. The fraction of sp³-hybridized carbons (Fsp3) is 0.133. The van der Waals surface area contributed by atoms with Crippen molar-refractivity contribution in [1.82, 2.24) is 0 Å². The molecule has 6 nitrogen and oxygen atoms in total. The Morgan fingerprint density at radius 1 is 1.24 bits per heavy atom. The molecule has 0 aliphatic heterocycles. The highest BCUT2D eigenvalue weighted by atomic mass is 16.6. The number of hydrogen-bond acceptors (Lipinski definition) is 5. The summed E-state index contributed by atoms with van der Waals surface area (Å²) in [5.41, 5.74) is 1.50. The van der Waals surface area contributed by atoms with Gasteiger partial charge in [-0.1, -0.05) is 29.4 Å². The van der Waals surface area contributed by atoms with Crippen molar-refractivity contribution in [2.45, 2.75) is 6.61 Å². The number of para-hydroxylation sites is 1. The van der Waals surface area contributed by atoms with Crippen LogP contribution in [0.4, 0.5) is 5.69 Å². The molecule has 0 aliphatic rings. The Labute approximate surface area is 121 Å². The largest absolute Gasteiger partial charge is 0.496 e. The average Bonchev–Trinajstić information content (AvgIpc) is 2.52. The minimum Gasteiger partial charge on any atom is -0.496 e. The molecule has 0 aromatic heterocycles. The van der Waals surface area contributed by atoms with E-state index < -0.39 is 4.92 Å². The first-order valence-electron chi connectivity index (χ1n) is 6.22. The fourth-order valence-corrected chi connectivity index (χ4v) is 1.74. The molecule has 0 radical (unpaired) electrons. The molecule has 6 heteroatoms. The zero-order valence-electron chi connectivity index (χ0n) is 11.4. The van der Waals surface area contributed by atoms with Gasteiger partial charge in [-0.2, -0.15) is 0 Å². The van der Waals surface area contributed by atoms with Crippen LogP contribution < -0.4 is 4.74 Å². The minimum atomic E-state index is -0.443. The molecule has 0 heterocycles. The van der Waals surface area contributed by atoms with Crippen molar-refractivity contribution in [1.29, 1.82) is 0 Å². The van der Waals surface area contributed by atoms with Gasteiger partial charge in [0, 0.05) is 17.7 Å². The third kappa shape index (κ3) is 4.04. The van der Waals surface area contributed by atoms with Crippen molar-refractivity contribution in [3.63, 3.8) is 0 Å². The molecule has 2 aromatic carbocycles. The van der Waals surface area contributed by atoms with Crippen molar-refractivity contribution >= 4 is 11.9 Å². The number of hydrogen-bond donors (Lipinski definition) is 0. The lowest BCUT2D eigenvalue weighted by Crippen LogP contribution is -1.93. The quantitative estimate of drug-likeness (QED) is 0.464. The van der Waals surface area contributed by atoms with Crippen LogP contribution in [0.2, 0.25) is 0 Å². The van der Waals surface area contributed by atoms with E-state index in [0.29, 0.717) is 11.3 Å². The Bertz CT molecular complexity index is 656. The van der Waals surface area contributed by atoms with Crippen LogP contribution in [-0.2, 0) is 11.4 Å². The maximum absolute atomic E-state index is 10.7. The standard InChI is InChI=1S/C15H14N2O4/c1-20-15-8-3-2-6-13(15)10-16-21-11-12-5-4-7-14(9-12)17(18)19/h2-10H,11H2,1H3/b16-10-. The Kier molecular flexibility index (Phi) is 4.87. The van der Waals surface area contributed by atoms with Crippen LogP contribution in [-0.4, -0.2) is 18.2 Å². The Morgan fingerprint density at radius 3 is 2.81 bits per heavy atom. The molecule has 0 bridgehead atoms. The second-order valence-electron chi connectivity index (χ2n) is 4.18. The van der Waals surface area contributed by atoms with Gasteiger partial charge in [-0.15, -0.1) is 0 Å². The summed E-state index contributed by atoms with van der Waals surface area (Å²) in [5.74, 6) is 0.695. The smallest absolute Gasteiger partial charge is 0.269 e. The van der Waals surface area contributed by atoms with Gasteiger partial charge in [0.15, 0.2) is 0 Å². The monoisotopic (exact) mass is 286 g/mol. The molecule has 0 aliphatic carbocycles. The highest BCUT2D eigenvalue weighted by Gasteiger charge is 2.05. The number of oxime groups is 1. The lowest BCUT2D eigenvalue weighted by Gasteiger charge is -2.03. The molecule has 2 rings (SSSR count).